The van der Waals surface area contributed by atoms with Gasteiger partial charge in [-0.15, -0.1) is 12.4 Å². The number of methoxy groups -OCH3 is 1. The maximum Gasteiger partial charge on any atom is 0.244 e. The van der Waals surface area contributed by atoms with E-state index in [1.54, 1.807) is 36.5 Å². The molecule has 2 aromatic carbocycles. The first-order valence-electron chi connectivity index (χ1n) is 8.26. The minimum absolute atomic E-state index is 0. The molecule has 1 aromatic heterocycles. The third-order valence-electron chi connectivity index (χ3n) is 4.28. The van der Waals surface area contributed by atoms with Crippen LogP contribution in [0.2, 0.25) is 0 Å². The molecule has 0 radical (unpaired) electrons. The first kappa shape index (κ1) is 22.2. The van der Waals surface area contributed by atoms with E-state index in [4.69, 9.17) is 15.7 Å². The van der Waals surface area contributed by atoms with Gasteiger partial charge in [0.25, 0.3) is 0 Å². The molecule has 0 aliphatic carbocycles. The Kier molecular flexibility index (Phi) is 7.19. The molecule has 0 unspecified atom stereocenters. The van der Waals surface area contributed by atoms with E-state index >= 15 is 0 Å². The van der Waals surface area contributed by atoms with E-state index in [9.17, 15) is 10.1 Å². The van der Waals surface area contributed by atoms with Gasteiger partial charge in [-0.05, 0) is 42.5 Å². The number of rotatable bonds is 4. The Labute approximate surface area is 182 Å². The summed E-state index contributed by atoms with van der Waals surface area (Å²) in [5.41, 5.74) is 8.16. The number of ether oxygens (including phenoxy) is 1. The lowest BCUT2D eigenvalue weighted by molar-refractivity contribution is 0.0928. The second-order valence-corrected chi connectivity index (χ2v) is 6.83. The lowest BCUT2D eigenvalue weighted by atomic mass is 10.0. The number of carbonyl (C=O) groups excluding carboxylic acids is 1. The van der Waals surface area contributed by atoms with Crippen molar-refractivity contribution in [3.8, 4) is 17.9 Å². The lowest BCUT2D eigenvalue weighted by Gasteiger charge is -2.06. The van der Waals surface area contributed by atoms with E-state index in [0.29, 0.717) is 33.5 Å². The number of fused-ring (bicyclic) bond motifs is 1. The number of nitriles is 2. The van der Waals surface area contributed by atoms with Crippen molar-refractivity contribution in [3.05, 3.63) is 63.8 Å². The molecule has 2 N–H and O–H groups in total. The number of halogens is 2. The molecule has 0 spiro atoms. The molecule has 6 nitrogen and oxygen atoms in total. The highest BCUT2D eigenvalue weighted by Gasteiger charge is 2.16. The highest BCUT2D eigenvalue weighted by Crippen LogP contribution is 2.32. The molecule has 3 rings (SSSR count). The van der Waals surface area contributed by atoms with Crippen molar-refractivity contribution >= 4 is 56.8 Å². The topological polar surface area (TPSA) is 105 Å². The smallest absolute Gasteiger partial charge is 0.244 e. The Balaban J connectivity index is 0.00000300. The average molecular weight is 472 g/mol. The molecule has 0 saturated carbocycles. The molecule has 3 aromatic rings. The number of hydrogen-bond donors (Lipinski definition) is 1. The monoisotopic (exact) mass is 470 g/mol. The predicted molar refractivity (Wildman–Crippen MR) is 118 cm³/mol. The maximum absolute atomic E-state index is 12.2. The van der Waals surface area contributed by atoms with Crippen LogP contribution in [0.5, 0.6) is 5.75 Å². The predicted octanol–water partition coefficient (Wildman–Crippen LogP) is 4.37. The fourth-order valence-electron chi connectivity index (χ4n) is 2.96. The largest absolute Gasteiger partial charge is 0.496 e. The molecule has 29 heavy (non-hydrogen) atoms. The van der Waals surface area contributed by atoms with Crippen LogP contribution >= 0.6 is 28.3 Å². The van der Waals surface area contributed by atoms with Crippen molar-refractivity contribution in [2.45, 2.75) is 0 Å². The first-order chi connectivity index (χ1) is 13.5. The van der Waals surface area contributed by atoms with E-state index in [2.05, 4.69) is 28.1 Å². The summed E-state index contributed by atoms with van der Waals surface area (Å²) in [6.45, 7) is -0.150. The van der Waals surface area contributed by atoms with Gasteiger partial charge in [0.2, 0.25) is 5.91 Å². The average Bonchev–Trinajstić information content (AvgIpc) is 3.09. The third kappa shape index (κ3) is 4.33. The van der Waals surface area contributed by atoms with Crippen LogP contribution in [-0.4, -0.2) is 24.1 Å². The normalized spacial score (nSPS) is 10.7. The molecule has 8 heteroatoms. The Morgan fingerprint density at radius 3 is 2.66 bits per heavy atom. The number of nitrogens with zero attached hydrogens (tertiary/aromatic N) is 3. The van der Waals surface area contributed by atoms with Gasteiger partial charge in [-0.1, -0.05) is 15.9 Å². The van der Waals surface area contributed by atoms with Crippen LogP contribution in [0.4, 0.5) is 0 Å². The fourth-order valence-corrected chi connectivity index (χ4v) is 3.33. The number of benzene rings is 2. The molecular formula is C21H16BrClN4O2. The second-order valence-electron chi connectivity index (χ2n) is 5.91. The molecular weight excluding hydrogens is 456 g/mol. The molecule has 1 heterocycles. The van der Waals surface area contributed by atoms with Crippen molar-refractivity contribution in [1.82, 2.24) is 4.57 Å². The Morgan fingerprint density at radius 1 is 1.28 bits per heavy atom. The zero-order valence-corrected chi connectivity index (χ0v) is 17.8. The van der Waals surface area contributed by atoms with Crippen LogP contribution in [0.1, 0.15) is 21.5 Å². The van der Waals surface area contributed by atoms with Crippen LogP contribution in [0, 0.1) is 22.7 Å². The van der Waals surface area contributed by atoms with Gasteiger partial charge in [-0.25, -0.2) is 0 Å². The van der Waals surface area contributed by atoms with Crippen LogP contribution in [0.25, 0.3) is 22.6 Å². The van der Waals surface area contributed by atoms with E-state index in [1.165, 1.54) is 11.7 Å². The summed E-state index contributed by atoms with van der Waals surface area (Å²) in [6, 6.07) is 14.7. The van der Waals surface area contributed by atoms with Gasteiger partial charge in [-0.2, -0.15) is 10.5 Å². The number of carbonyl (C=O) groups is 1. The highest BCUT2D eigenvalue weighted by molar-refractivity contribution is 9.10. The van der Waals surface area contributed by atoms with E-state index in [1.807, 2.05) is 12.1 Å². The summed E-state index contributed by atoms with van der Waals surface area (Å²) in [7, 11) is 1.52. The van der Waals surface area contributed by atoms with Crippen molar-refractivity contribution < 1.29 is 9.53 Å². The minimum atomic E-state index is -0.278. The van der Waals surface area contributed by atoms with Crippen LogP contribution in [-0.2, 0) is 0 Å². The van der Waals surface area contributed by atoms with Gasteiger partial charge in [-0.3, -0.25) is 9.36 Å². The zero-order chi connectivity index (χ0) is 20.3. The quantitative estimate of drug-likeness (QED) is 0.569. The summed E-state index contributed by atoms with van der Waals surface area (Å²) in [4.78, 5) is 12.2. The maximum atomic E-state index is 12.2. The zero-order valence-electron chi connectivity index (χ0n) is 15.3. The third-order valence-corrected chi connectivity index (χ3v) is 4.77. The molecule has 0 amide bonds. The number of allylic oxidation sites excluding steroid dienone is 1. The number of nitrogens with two attached hydrogens (primary N) is 1. The van der Waals surface area contributed by atoms with Gasteiger partial charge in [0.05, 0.1) is 42.4 Å². The van der Waals surface area contributed by atoms with Gasteiger partial charge in [0, 0.05) is 27.2 Å². The SMILES string of the molecule is COc1ccc(C#N)cc1/C=C(\C#N)c1cn(C(=O)CN)c2ccc(Br)cc12.Cl. The molecule has 146 valence electrons. The molecule has 0 fully saturated rings. The van der Waals surface area contributed by atoms with Gasteiger partial charge in [0.1, 0.15) is 5.75 Å². The molecule has 0 saturated heterocycles. The summed E-state index contributed by atoms with van der Waals surface area (Å²) >= 11 is 3.43. The molecule has 0 atom stereocenters. The first-order valence-corrected chi connectivity index (χ1v) is 9.05. The van der Waals surface area contributed by atoms with E-state index < -0.39 is 0 Å². The Morgan fingerprint density at radius 2 is 2.03 bits per heavy atom. The Hall–Kier alpha value is -3.10. The van der Waals surface area contributed by atoms with Gasteiger partial charge >= 0.3 is 0 Å². The molecule has 0 bridgehead atoms. The Bertz CT molecular complexity index is 1200. The van der Waals surface area contributed by atoms with E-state index in [-0.39, 0.29) is 24.9 Å². The number of hydrogen-bond acceptors (Lipinski definition) is 5. The summed E-state index contributed by atoms with van der Waals surface area (Å²) in [5.74, 6) is 0.259. The summed E-state index contributed by atoms with van der Waals surface area (Å²) in [5, 5.41) is 19.7. The summed E-state index contributed by atoms with van der Waals surface area (Å²) < 4.78 is 7.62. The molecule has 0 aliphatic heterocycles. The van der Waals surface area contributed by atoms with Crippen LogP contribution < -0.4 is 10.5 Å². The van der Waals surface area contributed by atoms with E-state index in [0.717, 1.165) is 9.86 Å². The van der Waals surface area contributed by atoms with Crippen molar-refractivity contribution in [1.29, 1.82) is 10.5 Å². The van der Waals surface area contributed by atoms with Crippen molar-refractivity contribution in [2.24, 2.45) is 5.73 Å². The molecule has 0 aliphatic rings. The summed E-state index contributed by atoms with van der Waals surface area (Å²) in [6.07, 6.45) is 3.26. The number of aromatic nitrogens is 1. The van der Waals surface area contributed by atoms with Crippen LogP contribution in [0.3, 0.4) is 0 Å². The minimum Gasteiger partial charge on any atom is -0.496 e. The highest BCUT2D eigenvalue weighted by atomic mass is 79.9. The van der Waals surface area contributed by atoms with Crippen molar-refractivity contribution in [2.75, 3.05) is 13.7 Å². The fraction of sp³-hybridized carbons (Fsp3) is 0.0952. The second kappa shape index (κ2) is 9.40. The van der Waals surface area contributed by atoms with Crippen LogP contribution in [0.15, 0.2) is 47.1 Å². The lowest BCUT2D eigenvalue weighted by Crippen LogP contribution is -2.20. The standard InChI is InChI=1S/C21H15BrN4O2.ClH/c1-28-20-5-2-13(9-23)6-14(20)7-15(10-24)18-12-26(21(27)11-25)19-4-3-16(22)8-17(18)19;/h2-8,12H,11,25H2,1H3;1H/b15-7+;. The van der Waals surface area contributed by atoms with Gasteiger partial charge < -0.3 is 10.5 Å². The van der Waals surface area contributed by atoms with Crippen molar-refractivity contribution in [3.63, 3.8) is 0 Å². The van der Waals surface area contributed by atoms with Gasteiger partial charge in [0.15, 0.2) is 0 Å².